The Morgan fingerprint density at radius 3 is 2.88 bits per heavy atom. The highest BCUT2D eigenvalue weighted by molar-refractivity contribution is 7.16. The molecule has 0 atom stereocenters. The van der Waals surface area contributed by atoms with Crippen molar-refractivity contribution in [1.82, 2.24) is 4.98 Å². The average molecular weight is 247 g/mol. The molecule has 0 spiro atoms. The van der Waals surface area contributed by atoms with Crippen molar-refractivity contribution >= 4 is 27.2 Å². The molecule has 1 aliphatic rings. The molecule has 1 aromatic carbocycles. The maximum absolute atomic E-state index is 5.92. The summed E-state index contributed by atoms with van der Waals surface area (Å²) in [6, 6.07) is 7.40. The lowest BCUT2D eigenvalue weighted by atomic mass is 9.92. The van der Waals surface area contributed by atoms with Crippen LogP contribution in [0.15, 0.2) is 23.7 Å². The van der Waals surface area contributed by atoms with E-state index in [1.54, 1.807) is 11.3 Å². The lowest BCUT2D eigenvalue weighted by Gasteiger charge is -2.27. The fraction of sp³-hybridized carbons (Fsp3) is 0.462. The summed E-state index contributed by atoms with van der Waals surface area (Å²) < 4.78 is 1.25. The number of rotatable bonds is 2. The first-order valence-corrected chi connectivity index (χ1v) is 7.04. The summed E-state index contributed by atoms with van der Waals surface area (Å²) in [6.07, 6.45) is 4.64. The van der Waals surface area contributed by atoms with Gasteiger partial charge in [0.05, 0.1) is 15.7 Å². The standard InChI is InChI=1S/C13H17N3S/c14-9-1-3-10(4-2-9)16-11-5-6-12-13(7-11)17-8-15-12/h5-10,16H,1-4,14H2. The maximum atomic E-state index is 5.92. The van der Waals surface area contributed by atoms with Gasteiger partial charge in [0.25, 0.3) is 0 Å². The van der Waals surface area contributed by atoms with Crippen LogP contribution >= 0.6 is 11.3 Å². The minimum atomic E-state index is 0.414. The van der Waals surface area contributed by atoms with Gasteiger partial charge in [-0.15, -0.1) is 11.3 Å². The molecule has 0 saturated heterocycles. The van der Waals surface area contributed by atoms with Gasteiger partial charge in [-0.05, 0) is 43.9 Å². The molecule has 3 nitrogen and oxygen atoms in total. The Morgan fingerprint density at radius 1 is 1.24 bits per heavy atom. The topological polar surface area (TPSA) is 50.9 Å². The van der Waals surface area contributed by atoms with Gasteiger partial charge in [0.2, 0.25) is 0 Å². The Morgan fingerprint density at radius 2 is 2.06 bits per heavy atom. The second-order valence-electron chi connectivity index (χ2n) is 4.79. The van der Waals surface area contributed by atoms with Crippen molar-refractivity contribution in [3.8, 4) is 0 Å². The van der Waals surface area contributed by atoms with Crippen LogP contribution in [0.3, 0.4) is 0 Å². The highest BCUT2D eigenvalue weighted by atomic mass is 32.1. The molecule has 1 aliphatic carbocycles. The summed E-state index contributed by atoms with van der Waals surface area (Å²) in [7, 11) is 0. The number of thiazole rings is 1. The number of nitrogens with zero attached hydrogens (tertiary/aromatic N) is 1. The summed E-state index contributed by atoms with van der Waals surface area (Å²) in [6.45, 7) is 0. The van der Waals surface area contributed by atoms with Crippen LogP contribution < -0.4 is 11.1 Å². The van der Waals surface area contributed by atoms with Gasteiger partial charge in [-0.3, -0.25) is 0 Å². The van der Waals surface area contributed by atoms with Gasteiger partial charge in [0, 0.05) is 17.8 Å². The normalized spacial score (nSPS) is 25.0. The van der Waals surface area contributed by atoms with Crippen molar-refractivity contribution in [3.05, 3.63) is 23.7 Å². The third-order valence-corrected chi connectivity index (χ3v) is 4.27. The summed E-state index contributed by atoms with van der Waals surface area (Å²) in [5.41, 5.74) is 10.1. The molecule has 1 aromatic heterocycles. The lowest BCUT2D eigenvalue weighted by Crippen LogP contribution is -2.32. The first kappa shape index (κ1) is 11.0. The quantitative estimate of drug-likeness (QED) is 0.857. The molecule has 1 saturated carbocycles. The SMILES string of the molecule is NC1CCC(Nc2ccc3ncsc3c2)CC1. The highest BCUT2D eigenvalue weighted by Crippen LogP contribution is 2.25. The van der Waals surface area contributed by atoms with Gasteiger partial charge >= 0.3 is 0 Å². The van der Waals surface area contributed by atoms with Crippen LogP contribution in [0.1, 0.15) is 25.7 Å². The van der Waals surface area contributed by atoms with Gasteiger partial charge in [-0.25, -0.2) is 4.98 Å². The Bertz CT molecular complexity index is 500. The number of aromatic nitrogens is 1. The van der Waals surface area contributed by atoms with E-state index in [1.165, 1.54) is 23.2 Å². The van der Waals surface area contributed by atoms with Crippen molar-refractivity contribution in [2.45, 2.75) is 37.8 Å². The number of fused-ring (bicyclic) bond motifs is 1. The highest BCUT2D eigenvalue weighted by Gasteiger charge is 2.18. The monoisotopic (exact) mass is 247 g/mol. The molecule has 2 aromatic rings. The van der Waals surface area contributed by atoms with E-state index in [-0.39, 0.29) is 0 Å². The molecule has 17 heavy (non-hydrogen) atoms. The van der Waals surface area contributed by atoms with Gasteiger partial charge in [-0.1, -0.05) is 0 Å². The van der Waals surface area contributed by atoms with Crippen molar-refractivity contribution in [2.24, 2.45) is 5.73 Å². The fourth-order valence-corrected chi connectivity index (χ4v) is 3.16. The van der Waals surface area contributed by atoms with Crippen molar-refractivity contribution in [1.29, 1.82) is 0 Å². The summed E-state index contributed by atoms with van der Waals surface area (Å²) >= 11 is 1.69. The van der Waals surface area contributed by atoms with Gasteiger partial charge in [0.15, 0.2) is 0 Å². The molecular weight excluding hydrogens is 230 g/mol. The Labute approximate surface area is 105 Å². The van der Waals surface area contributed by atoms with Gasteiger partial charge < -0.3 is 11.1 Å². The van der Waals surface area contributed by atoms with E-state index in [2.05, 4.69) is 28.5 Å². The van der Waals surface area contributed by atoms with Gasteiger partial charge in [-0.2, -0.15) is 0 Å². The molecular formula is C13H17N3S. The number of benzene rings is 1. The van der Waals surface area contributed by atoms with Crippen LogP contribution in [0.2, 0.25) is 0 Å². The van der Waals surface area contributed by atoms with Crippen molar-refractivity contribution < 1.29 is 0 Å². The maximum Gasteiger partial charge on any atom is 0.0813 e. The zero-order valence-corrected chi connectivity index (χ0v) is 10.5. The third-order valence-electron chi connectivity index (χ3n) is 3.47. The summed E-state index contributed by atoms with van der Waals surface area (Å²) in [5, 5.41) is 3.61. The molecule has 0 radical (unpaired) electrons. The minimum absolute atomic E-state index is 0.414. The third kappa shape index (κ3) is 2.42. The van der Waals surface area contributed by atoms with Crippen LogP contribution in [0.25, 0.3) is 10.2 Å². The van der Waals surface area contributed by atoms with Crippen LogP contribution in [0, 0.1) is 0 Å². The second kappa shape index (κ2) is 4.63. The molecule has 1 heterocycles. The van der Waals surface area contributed by atoms with Crippen LogP contribution in [-0.4, -0.2) is 17.1 Å². The lowest BCUT2D eigenvalue weighted by molar-refractivity contribution is 0.411. The van der Waals surface area contributed by atoms with Gasteiger partial charge in [0.1, 0.15) is 0 Å². The predicted molar refractivity (Wildman–Crippen MR) is 73.5 cm³/mol. The number of hydrogen-bond acceptors (Lipinski definition) is 4. The second-order valence-corrected chi connectivity index (χ2v) is 5.68. The Kier molecular flexibility index (Phi) is 2.99. The zero-order chi connectivity index (χ0) is 11.7. The summed E-state index contributed by atoms with van der Waals surface area (Å²) in [5.74, 6) is 0. The summed E-state index contributed by atoms with van der Waals surface area (Å²) in [4.78, 5) is 4.29. The van der Waals surface area contributed by atoms with E-state index in [9.17, 15) is 0 Å². The molecule has 4 heteroatoms. The van der Waals surface area contributed by atoms with E-state index in [0.29, 0.717) is 12.1 Å². The molecule has 0 amide bonds. The number of anilines is 1. The smallest absolute Gasteiger partial charge is 0.0813 e. The van der Waals surface area contributed by atoms with E-state index in [0.717, 1.165) is 18.4 Å². The molecule has 0 unspecified atom stereocenters. The largest absolute Gasteiger partial charge is 0.382 e. The van der Waals surface area contributed by atoms with Crippen molar-refractivity contribution in [2.75, 3.05) is 5.32 Å². The fourth-order valence-electron chi connectivity index (χ4n) is 2.44. The number of hydrogen-bond donors (Lipinski definition) is 2. The first-order valence-electron chi connectivity index (χ1n) is 6.16. The first-order chi connectivity index (χ1) is 8.31. The van der Waals surface area contributed by atoms with Crippen LogP contribution in [0.5, 0.6) is 0 Å². The Balaban J connectivity index is 1.71. The minimum Gasteiger partial charge on any atom is -0.382 e. The molecule has 90 valence electrons. The zero-order valence-electron chi connectivity index (χ0n) is 9.73. The molecule has 0 aliphatic heterocycles. The predicted octanol–water partition coefficient (Wildman–Crippen LogP) is 2.98. The van der Waals surface area contributed by atoms with Crippen LogP contribution in [-0.2, 0) is 0 Å². The van der Waals surface area contributed by atoms with Crippen LogP contribution in [0.4, 0.5) is 5.69 Å². The molecule has 1 fully saturated rings. The average Bonchev–Trinajstić information content (AvgIpc) is 2.79. The molecule has 0 bridgehead atoms. The van der Waals surface area contributed by atoms with E-state index >= 15 is 0 Å². The number of nitrogens with two attached hydrogens (primary N) is 1. The van der Waals surface area contributed by atoms with Crippen molar-refractivity contribution in [3.63, 3.8) is 0 Å². The van der Waals surface area contributed by atoms with E-state index in [4.69, 9.17) is 5.73 Å². The molecule has 3 rings (SSSR count). The molecule has 3 N–H and O–H groups in total. The van der Waals surface area contributed by atoms with E-state index < -0.39 is 0 Å². The Hall–Kier alpha value is -1.13. The number of nitrogens with one attached hydrogen (secondary N) is 1. The van der Waals surface area contributed by atoms with E-state index in [1.807, 2.05) is 5.51 Å².